The zero-order valence-corrected chi connectivity index (χ0v) is 7.49. The number of rotatable bonds is 2. The number of allylic oxidation sites excluding steroid dienone is 2. The number of carbonyl (C=O) groups is 1. The third-order valence-corrected chi connectivity index (χ3v) is 1.64. The lowest BCUT2D eigenvalue weighted by molar-refractivity contribution is 0.0475. The molecule has 0 spiro atoms. The molecule has 13 heavy (non-hydrogen) atoms. The van der Waals surface area contributed by atoms with Crippen LogP contribution in [0.4, 0.5) is 4.79 Å². The minimum absolute atomic E-state index is 0.293. The third kappa shape index (κ3) is 2.91. The summed E-state index contributed by atoms with van der Waals surface area (Å²) in [5, 5.41) is 12.1. The van der Waals surface area contributed by atoms with E-state index in [0.717, 1.165) is 0 Å². The summed E-state index contributed by atoms with van der Waals surface area (Å²) in [6.07, 6.45) is 6.53. The lowest BCUT2D eigenvalue weighted by Gasteiger charge is -2.25. The van der Waals surface area contributed by atoms with Crippen LogP contribution >= 0.6 is 0 Å². The molecule has 0 saturated carbocycles. The molecular formula is C9H13NO3. The van der Waals surface area contributed by atoms with E-state index in [9.17, 15) is 9.90 Å². The Hall–Kier alpha value is -1.29. The van der Waals surface area contributed by atoms with Gasteiger partial charge >= 0.3 is 6.09 Å². The molecule has 72 valence electrons. The number of ether oxygens (including phenoxy) is 1. The van der Waals surface area contributed by atoms with Gasteiger partial charge in [0, 0.05) is 6.42 Å². The van der Waals surface area contributed by atoms with Gasteiger partial charge < -0.3 is 9.84 Å². The molecule has 0 fully saturated rings. The molecule has 4 nitrogen and oxygen atoms in total. The van der Waals surface area contributed by atoms with Gasteiger partial charge in [-0.2, -0.15) is 0 Å². The normalized spacial score (nSPS) is 25.7. The van der Waals surface area contributed by atoms with Crippen molar-refractivity contribution in [1.82, 2.24) is 5.32 Å². The first-order valence-corrected chi connectivity index (χ1v) is 4.18. The number of hydrogen-bond donors (Lipinski definition) is 2. The lowest BCUT2D eigenvalue weighted by atomic mass is 10.1. The molecule has 1 atom stereocenters. The Morgan fingerprint density at radius 2 is 2.46 bits per heavy atom. The van der Waals surface area contributed by atoms with Crippen molar-refractivity contribution in [1.29, 1.82) is 0 Å². The van der Waals surface area contributed by atoms with Gasteiger partial charge in [-0.15, -0.1) is 0 Å². The van der Waals surface area contributed by atoms with E-state index in [0.29, 0.717) is 13.0 Å². The fourth-order valence-corrected chi connectivity index (χ4v) is 1.05. The Morgan fingerprint density at radius 3 is 3.00 bits per heavy atom. The maximum Gasteiger partial charge on any atom is 0.409 e. The molecule has 0 radical (unpaired) electrons. The second-order valence-electron chi connectivity index (χ2n) is 2.76. The van der Waals surface area contributed by atoms with Crippen molar-refractivity contribution in [2.75, 3.05) is 6.61 Å². The molecule has 0 aromatic heterocycles. The van der Waals surface area contributed by atoms with Crippen molar-refractivity contribution in [2.45, 2.75) is 19.1 Å². The van der Waals surface area contributed by atoms with E-state index in [2.05, 4.69) is 10.1 Å². The molecule has 1 amide bonds. The Morgan fingerprint density at radius 1 is 1.69 bits per heavy atom. The number of carbonyl (C=O) groups excluding carboxylic acids is 1. The molecule has 1 aliphatic carbocycles. The Labute approximate surface area is 76.9 Å². The van der Waals surface area contributed by atoms with Crippen LogP contribution in [0.1, 0.15) is 13.3 Å². The first-order valence-electron chi connectivity index (χ1n) is 4.18. The first-order chi connectivity index (χ1) is 6.16. The number of aliphatic hydroxyl groups is 1. The van der Waals surface area contributed by atoms with Crippen molar-refractivity contribution >= 4 is 6.09 Å². The van der Waals surface area contributed by atoms with E-state index in [1.807, 2.05) is 0 Å². The molecule has 2 N–H and O–H groups in total. The second-order valence-corrected chi connectivity index (χ2v) is 2.76. The number of amides is 1. The summed E-state index contributed by atoms with van der Waals surface area (Å²) in [5.74, 6) is 0. The van der Waals surface area contributed by atoms with Crippen LogP contribution in [0.2, 0.25) is 0 Å². The monoisotopic (exact) mass is 183 g/mol. The molecule has 0 bridgehead atoms. The molecule has 0 heterocycles. The van der Waals surface area contributed by atoms with Crippen molar-refractivity contribution in [2.24, 2.45) is 0 Å². The molecule has 0 aliphatic heterocycles. The Kier molecular flexibility index (Phi) is 3.08. The van der Waals surface area contributed by atoms with Gasteiger partial charge in [-0.3, -0.25) is 5.32 Å². The highest BCUT2D eigenvalue weighted by molar-refractivity contribution is 5.68. The Balaban J connectivity index is 2.47. The van der Waals surface area contributed by atoms with Gasteiger partial charge in [-0.1, -0.05) is 18.2 Å². The summed E-state index contributed by atoms with van der Waals surface area (Å²) in [4.78, 5) is 11.0. The van der Waals surface area contributed by atoms with E-state index in [4.69, 9.17) is 0 Å². The van der Waals surface area contributed by atoms with E-state index >= 15 is 0 Å². The highest BCUT2D eigenvalue weighted by atomic mass is 16.6. The van der Waals surface area contributed by atoms with Crippen LogP contribution in [0.25, 0.3) is 0 Å². The quantitative estimate of drug-likeness (QED) is 0.626. The van der Waals surface area contributed by atoms with E-state index in [-0.39, 0.29) is 0 Å². The highest BCUT2D eigenvalue weighted by Gasteiger charge is 2.25. The van der Waals surface area contributed by atoms with Crippen LogP contribution in [0.3, 0.4) is 0 Å². The van der Waals surface area contributed by atoms with Gasteiger partial charge in [-0.25, -0.2) is 4.79 Å². The van der Waals surface area contributed by atoms with E-state index < -0.39 is 11.8 Å². The molecule has 1 aliphatic rings. The zero-order valence-electron chi connectivity index (χ0n) is 7.49. The second kappa shape index (κ2) is 4.09. The third-order valence-electron chi connectivity index (χ3n) is 1.64. The SMILES string of the molecule is CCOC(=O)NC1(O)C=CC=CC1. The Bertz CT molecular complexity index is 247. The average molecular weight is 183 g/mol. The summed E-state index contributed by atoms with van der Waals surface area (Å²) in [5.41, 5.74) is -1.29. The van der Waals surface area contributed by atoms with Gasteiger partial charge in [0.2, 0.25) is 0 Å². The number of nitrogens with one attached hydrogen (secondary N) is 1. The molecule has 4 heteroatoms. The molecule has 1 rings (SSSR count). The molecule has 0 aromatic carbocycles. The summed E-state index contributed by atoms with van der Waals surface area (Å²) in [6.45, 7) is 2.00. The largest absolute Gasteiger partial charge is 0.450 e. The molecule has 0 aromatic rings. The van der Waals surface area contributed by atoms with Crippen molar-refractivity contribution in [3.05, 3.63) is 24.3 Å². The fourth-order valence-electron chi connectivity index (χ4n) is 1.05. The van der Waals surface area contributed by atoms with Crippen molar-refractivity contribution in [3.63, 3.8) is 0 Å². The first kappa shape index (κ1) is 9.80. The molecule has 1 unspecified atom stereocenters. The lowest BCUT2D eigenvalue weighted by Crippen LogP contribution is -2.47. The predicted octanol–water partition coefficient (Wildman–Crippen LogP) is 0.937. The van der Waals surface area contributed by atoms with Gasteiger partial charge in [0.15, 0.2) is 5.72 Å². The number of alkyl carbamates (subject to hydrolysis) is 1. The van der Waals surface area contributed by atoms with Gasteiger partial charge in [-0.05, 0) is 13.0 Å². The van der Waals surface area contributed by atoms with Gasteiger partial charge in [0.05, 0.1) is 6.61 Å². The number of hydrogen-bond acceptors (Lipinski definition) is 3. The standard InChI is InChI=1S/C9H13NO3/c1-2-13-8(11)10-9(12)6-4-3-5-7-9/h3-6,12H,2,7H2,1H3,(H,10,11). The summed E-state index contributed by atoms with van der Waals surface area (Å²) in [7, 11) is 0. The average Bonchev–Trinajstić information content (AvgIpc) is 2.04. The van der Waals surface area contributed by atoms with Crippen LogP contribution in [0.5, 0.6) is 0 Å². The van der Waals surface area contributed by atoms with Crippen LogP contribution in [0, 0.1) is 0 Å². The maximum atomic E-state index is 11.0. The van der Waals surface area contributed by atoms with E-state index in [1.54, 1.807) is 25.2 Å². The zero-order chi connectivity index (χ0) is 9.73. The smallest absolute Gasteiger partial charge is 0.409 e. The van der Waals surface area contributed by atoms with Gasteiger partial charge in [0.1, 0.15) is 0 Å². The summed E-state index contributed by atoms with van der Waals surface area (Å²) >= 11 is 0. The molecular weight excluding hydrogens is 170 g/mol. The summed E-state index contributed by atoms with van der Waals surface area (Å²) in [6, 6.07) is 0. The molecule has 0 saturated heterocycles. The minimum Gasteiger partial charge on any atom is -0.450 e. The highest BCUT2D eigenvalue weighted by Crippen LogP contribution is 2.13. The fraction of sp³-hybridized carbons (Fsp3) is 0.444. The maximum absolute atomic E-state index is 11.0. The van der Waals surface area contributed by atoms with Crippen molar-refractivity contribution in [3.8, 4) is 0 Å². The van der Waals surface area contributed by atoms with Crippen LogP contribution < -0.4 is 5.32 Å². The topological polar surface area (TPSA) is 58.6 Å². The summed E-state index contributed by atoms with van der Waals surface area (Å²) < 4.78 is 4.64. The van der Waals surface area contributed by atoms with Crippen LogP contribution in [-0.4, -0.2) is 23.5 Å². The predicted molar refractivity (Wildman–Crippen MR) is 48.0 cm³/mol. The van der Waals surface area contributed by atoms with Crippen LogP contribution in [0.15, 0.2) is 24.3 Å². The van der Waals surface area contributed by atoms with Crippen molar-refractivity contribution < 1.29 is 14.6 Å². The minimum atomic E-state index is -1.29. The van der Waals surface area contributed by atoms with E-state index in [1.165, 1.54) is 6.08 Å². The van der Waals surface area contributed by atoms with Crippen LogP contribution in [-0.2, 0) is 4.74 Å². The van der Waals surface area contributed by atoms with Gasteiger partial charge in [0.25, 0.3) is 0 Å².